The van der Waals surface area contributed by atoms with Crippen LogP contribution in [0.15, 0.2) is 0 Å². The molecule has 0 aromatic rings. The van der Waals surface area contributed by atoms with E-state index in [1.165, 1.54) is 0 Å². The van der Waals surface area contributed by atoms with E-state index in [-0.39, 0.29) is 17.8 Å². The van der Waals surface area contributed by atoms with Crippen LogP contribution in [-0.2, 0) is 14.3 Å². The molecule has 0 bridgehead atoms. The Kier molecular flexibility index (Phi) is 3.29. The number of hydrogen-bond donors (Lipinski definition) is 0. The molecule has 0 spiro atoms. The van der Waals surface area contributed by atoms with Gasteiger partial charge < -0.3 is 9.53 Å². The molecule has 0 saturated heterocycles. The zero-order valence-electron chi connectivity index (χ0n) is 9.08. The number of ether oxygens (including phenoxy) is 1. The minimum Gasteiger partial charge on any atom is -0.460 e. The van der Waals surface area contributed by atoms with Crippen LogP contribution in [0.4, 0.5) is 0 Å². The fourth-order valence-electron chi connectivity index (χ4n) is 1.74. The zero-order chi connectivity index (χ0) is 10.8. The van der Waals surface area contributed by atoms with Crippen LogP contribution in [0.25, 0.3) is 0 Å². The fraction of sp³-hybridized carbons (Fsp3) is 0.818. The van der Waals surface area contributed by atoms with E-state index in [0.717, 1.165) is 19.1 Å². The van der Waals surface area contributed by atoms with E-state index in [1.807, 2.05) is 20.8 Å². The molecule has 0 radical (unpaired) electrons. The Morgan fingerprint density at radius 3 is 2.43 bits per heavy atom. The summed E-state index contributed by atoms with van der Waals surface area (Å²) in [6.07, 6.45) is 3.23. The first-order valence-corrected chi connectivity index (χ1v) is 5.10. The molecule has 1 aliphatic carbocycles. The van der Waals surface area contributed by atoms with Crippen molar-refractivity contribution >= 4 is 12.3 Å². The van der Waals surface area contributed by atoms with Crippen molar-refractivity contribution in [1.82, 2.24) is 0 Å². The van der Waals surface area contributed by atoms with Crippen LogP contribution in [0.5, 0.6) is 0 Å². The van der Waals surface area contributed by atoms with Crippen molar-refractivity contribution < 1.29 is 14.3 Å². The number of hydrogen-bond acceptors (Lipinski definition) is 3. The van der Waals surface area contributed by atoms with Gasteiger partial charge in [0.2, 0.25) is 0 Å². The summed E-state index contributed by atoms with van der Waals surface area (Å²) in [5, 5.41) is 0. The average Bonchev–Trinajstić information content (AvgIpc) is 2.48. The Bertz CT molecular complexity index is 227. The fourth-order valence-corrected chi connectivity index (χ4v) is 1.74. The Morgan fingerprint density at radius 1 is 1.36 bits per heavy atom. The van der Waals surface area contributed by atoms with E-state index >= 15 is 0 Å². The van der Waals surface area contributed by atoms with Crippen LogP contribution in [-0.4, -0.2) is 17.9 Å². The lowest BCUT2D eigenvalue weighted by atomic mass is 10.1. The number of carbonyl (C=O) groups excluding carboxylic acids is 2. The topological polar surface area (TPSA) is 43.4 Å². The predicted molar refractivity (Wildman–Crippen MR) is 52.7 cm³/mol. The molecule has 80 valence electrons. The molecule has 3 nitrogen and oxygen atoms in total. The quantitative estimate of drug-likeness (QED) is 0.503. The van der Waals surface area contributed by atoms with Crippen LogP contribution >= 0.6 is 0 Å². The molecule has 14 heavy (non-hydrogen) atoms. The van der Waals surface area contributed by atoms with Gasteiger partial charge in [0.15, 0.2) is 0 Å². The third kappa shape index (κ3) is 3.13. The van der Waals surface area contributed by atoms with Gasteiger partial charge in [-0.1, -0.05) is 0 Å². The molecule has 1 rings (SSSR count). The Morgan fingerprint density at radius 2 is 2.00 bits per heavy atom. The van der Waals surface area contributed by atoms with Crippen molar-refractivity contribution in [3.05, 3.63) is 0 Å². The molecule has 1 fully saturated rings. The monoisotopic (exact) mass is 198 g/mol. The summed E-state index contributed by atoms with van der Waals surface area (Å²) in [6, 6.07) is 0. The van der Waals surface area contributed by atoms with E-state index in [0.29, 0.717) is 6.42 Å². The van der Waals surface area contributed by atoms with Crippen LogP contribution < -0.4 is 0 Å². The largest absolute Gasteiger partial charge is 0.460 e. The molecule has 1 aliphatic rings. The van der Waals surface area contributed by atoms with Crippen molar-refractivity contribution in [2.75, 3.05) is 0 Å². The molecule has 0 heterocycles. The summed E-state index contributed by atoms with van der Waals surface area (Å²) in [4.78, 5) is 22.1. The highest BCUT2D eigenvalue weighted by atomic mass is 16.6. The zero-order valence-corrected chi connectivity index (χ0v) is 9.08. The summed E-state index contributed by atoms with van der Waals surface area (Å²) >= 11 is 0. The maximum Gasteiger partial charge on any atom is 0.309 e. The molecule has 1 saturated carbocycles. The third-order valence-corrected chi connectivity index (χ3v) is 2.41. The predicted octanol–water partition coefficient (Wildman–Crippen LogP) is 1.94. The minimum absolute atomic E-state index is 0.0625. The Labute approximate surface area is 84.8 Å². The summed E-state index contributed by atoms with van der Waals surface area (Å²) < 4.78 is 5.26. The molecular formula is C11H18O3. The summed E-state index contributed by atoms with van der Waals surface area (Å²) in [5.41, 5.74) is -0.420. The van der Waals surface area contributed by atoms with Gasteiger partial charge in [0.05, 0.1) is 5.92 Å². The van der Waals surface area contributed by atoms with E-state index in [2.05, 4.69) is 0 Å². The van der Waals surface area contributed by atoms with E-state index < -0.39 is 5.60 Å². The second kappa shape index (κ2) is 4.11. The van der Waals surface area contributed by atoms with Gasteiger partial charge in [-0.3, -0.25) is 4.79 Å². The smallest absolute Gasteiger partial charge is 0.309 e. The normalized spacial score (nSPS) is 27.4. The number of esters is 1. The van der Waals surface area contributed by atoms with E-state index in [4.69, 9.17) is 4.74 Å². The molecule has 0 aromatic carbocycles. The number of aldehydes is 1. The minimum atomic E-state index is -0.420. The first-order valence-electron chi connectivity index (χ1n) is 5.10. The van der Waals surface area contributed by atoms with Gasteiger partial charge in [0.25, 0.3) is 0 Å². The average molecular weight is 198 g/mol. The lowest BCUT2D eigenvalue weighted by molar-refractivity contribution is -0.159. The van der Waals surface area contributed by atoms with Crippen molar-refractivity contribution in [2.45, 2.75) is 45.6 Å². The van der Waals surface area contributed by atoms with Crippen molar-refractivity contribution in [1.29, 1.82) is 0 Å². The lowest BCUT2D eigenvalue weighted by Crippen LogP contribution is -2.27. The van der Waals surface area contributed by atoms with Crippen LogP contribution in [0.2, 0.25) is 0 Å². The first-order chi connectivity index (χ1) is 6.42. The second-order valence-corrected chi connectivity index (χ2v) is 4.94. The summed E-state index contributed by atoms with van der Waals surface area (Å²) in [7, 11) is 0. The van der Waals surface area contributed by atoms with Gasteiger partial charge in [0.1, 0.15) is 11.9 Å². The molecule has 2 atom stereocenters. The second-order valence-electron chi connectivity index (χ2n) is 4.94. The van der Waals surface area contributed by atoms with Crippen LogP contribution in [0, 0.1) is 11.8 Å². The van der Waals surface area contributed by atoms with E-state index in [1.54, 1.807) is 0 Å². The van der Waals surface area contributed by atoms with Gasteiger partial charge in [0, 0.05) is 5.92 Å². The van der Waals surface area contributed by atoms with Gasteiger partial charge in [-0.2, -0.15) is 0 Å². The van der Waals surface area contributed by atoms with Gasteiger partial charge in [-0.15, -0.1) is 0 Å². The lowest BCUT2D eigenvalue weighted by Gasteiger charge is -2.21. The standard InChI is InChI=1S/C11H18O3/c1-11(2,3)14-10(13)9-5-4-8(6-9)7-12/h7-9H,4-6H2,1-3H3/t8?,9-/m0/s1. The summed E-state index contributed by atoms with van der Waals surface area (Å²) in [5.74, 6) is -0.154. The van der Waals surface area contributed by atoms with Crippen LogP contribution in [0.1, 0.15) is 40.0 Å². The maximum atomic E-state index is 11.6. The first kappa shape index (κ1) is 11.2. The van der Waals surface area contributed by atoms with Crippen molar-refractivity contribution in [3.63, 3.8) is 0 Å². The molecule has 0 amide bonds. The third-order valence-electron chi connectivity index (χ3n) is 2.41. The highest BCUT2D eigenvalue weighted by Gasteiger charge is 2.32. The molecular weight excluding hydrogens is 180 g/mol. The molecule has 0 aromatic heterocycles. The highest BCUT2D eigenvalue weighted by molar-refractivity contribution is 5.74. The van der Waals surface area contributed by atoms with Gasteiger partial charge in [-0.05, 0) is 40.0 Å². The van der Waals surface area contributed by atoms with Crippen molar-refractivity contribution in [3.8, 4) is 0 Å². The summed E-state index contributed by atoms with van der Waals surface area (Å²) in [6.45, 7) is 5.57. The molecule has 0 N–H and O–H groups in total. The number of carbonyl (C=O) groups is 2. The van der Waals surface area contributed by atoms with Gasteiger partial charge >= 0.3 is 5.97 Å². The van der Waals surface area contributed by atoms with Crippen molar-refractivity contribution in [2.24, 2.45) is 11.8 Å². The Hall–Kier alpha value is -0.860. The highest BCUT2D eigenvalue weighted by Crippen LogP contribution is 2.31. The molecule has 0 aliphatic heterocycles. The SMILES string of the molecule is CC(C)(C)OC(=O)[C@H]1CCC(C=O)C1. The molecule has 3 heteroatoms. The molecule has 1 unspecified atom stereocenters. The van der Waals surface area contributed by atoms with Gasteiger partial charge in [-0.25, -0.2) is 0 Å². The Balaban J connectivity index is 2.43. The van der Waals surface area contributed by atoms with E-state index in [9.17, 15) is 9.59 Å². The maximum absolute atomic E-state index is 11.6. The number of rotatable bonds is 2. The van der Waals surface area contributed by atoms with Crippen LogP contribution in [0.3, 0.4) is 0 Å².